The maximum absolute atomic E-state index is 13.4. The maximum Gasteiger partial charge on any atom is 0.196 e. The Hall–Kier alpha value is -0.510. The number of benzene rings is 2. The van der Waals surface area contributed by atoms with Gasteiger partial charge in [-0.05, 0) is 24.3 Å². The number of carbonyl (C=O) groups is 1. The normalized spacial score (nSPS) is 10.7. The van der Waals surface area contributed by atoms with Crippen molar-refractivity contribution in [1.29, 1.82) is 0 Å². The Kier molecular flexibility index (Phi) is 4.83. The van der Waals surface area contributed by atoms with Gasteiger partial charge < -0.3 is 0 Å². The average molecular weight is 372 g/mol. The van der Waals surface area contributed by atoms with E-state index in [4.69, 9.17) is 58.0 Å². The summed E-state index contributed by atoms with van der Waals surface area (Å²) < 4.78 is 13.4. The van der Waals surface area contributed by atoms with E-state index in [9.17, 15) is 9.18 Å². The Bertz CT molecular complexity index is 714. The van der Waals surface area contributed by atoms with Crippen LogP contribution in [0, 0.1) is 5.82 Å². The van der Waals surface area contributed by atoms with Crippen LogP contribution < -0.4 is 0 Å². The van der Waals surface area contributed by atoms with Crippen molar-refractivity contribution >= 4 is 63.8 Å². The van der Waals surface area contributed by atoms with Crippen LogP contribution in [0.4, 0.5) is 4.39 Å². The van der Waals surface area contributed by atoms with E-state index in [2.05, 4.69) is 0 Å². The third kappa shape index (κ3) is 2.90. The number of hydrogen-bond donors (Lipinski definition) is 0. The summed E-state index contributed by atoms with van der Waals surface area (Å²) in [4.78, 5) is 12.3. The van der Waals surface area contributed by atoms with E-state index in [0.29, 0.717) is 0 Å². The van der Waals surface area contributed by atoms with Crippen molar-refractivity contribution in [2.45, 2.75) is 0 Å². The molecular weight excluding hydrogens is 368 g/mol. The standard InChI is InChI=1S/C13H4Cl5FO/c14-6-2-1-5(3-9(6)19)13(20)10-7(15)4-8(16)11(17)12(10)18/h1-4H. The highest BCUT2D eigenvalue weighted by Crippen LogP contribution is 2.38. The second-order valence-corrected chi connectivity index (χ2v) is 5.78. The summed E-state index contributed by atoms with van der Waals surface area (Å²) in [7, 11) is 0. The molecule has 0 amide bonds. The lowest BCUT2D eigenvalue weighted by Gasteiger charge is -2.09. The number of carbonyl (C=O) groups excluding carboxylic acids is 1. The lowest BCUT2D eigenvalue weighted by atomic mass is 10.0. The van der Waals surface area contributed by atoms with Gasteiger partial charge in [0.1, 0.15) is 5.82 Å². The van der Waals surface area contributed by atoms with Crippen LogP contribution in [-0.4, -0.2) is 5.78 Å². The van der Waals surface area contributed by atoms with Crippen molar-refractivity contribution < 1.29 is 9.18 Å². The summed E-state index contributed by atoms with van der Waals surface area (Å²) >= 11 is 29.2. The molecule has 2 aromatic carbocycles. The topological polar surface area (TPSA) is 17.1 Å². The van der Waals surface area contributed by atoms with Crippen LogP contribution in [0.15, 0.2) is 24.3 Å². The van der Waals surface area contributed by atoms with Gasteiger partial charge in [-0.3, -0.25) is 4.79 Å². The molecule has 0 spiro atoms. The van der Waals surface area contributed by atoms with Crippen LogP contribution in [0.25, 0.3) is 0 Å². The first-order valence-corrected chi connectivity index (χ1v) is 7.04. The zero-order valence-electron chi connectivity index (χ0n) is 9.49. The Balaban J connectivity index is 2.59. The SMILES string of the molecule is O=C(c1ccc(Cl)c(F)c1)c1c(Cl)cc(Cl)c(Cl)c1Cl. The molecule has 104 valence electrons. The van der Waals surface area contributed by atoms with Crippen LogP contribution in [0.3, 0.4) is 0 Å². The molecule has 0 aliphatic heterocycles. The second kappa shape index (κ2) is 6.08. The molecule has 0 saturated heterocycles. The van der Waals surface area contributed by atoms with Crippen molar-refractivity contribution in [2.24, 2.45) is 0 Å². The van der Waals surface area contributed by atoms with Crippen LogP contribution in [0.1, 0.15) is 15.9 Å². The van der Waals surface area contributed by atoms with Gasteiger partial charge in [-0.2, -0.15) is 0 Å². The van der Waals surface area contributed by atoms with Crippen LogP contribution in [-0.2, 0) is 0 Å². The molecule has 0 atom stereocenters. The Morgan fingerprint density at radius 3 is 2.10 bits per heavy atom. The quantitative estimate of drug-likeness (QED) is 0.342. The van der Waals surface area contributed by atoms with E-state index in [1.165, 1.54) is 18.2 Å². The molecule has 0 saturated carbocycles. The molecule has 0 unspecified atom stereocenters. The number of ketones is 1. The van der Waals surface area contributed by atoms with Gasteiger partial charge in [0.15, 0.2) is 5.78 Å². The van der Waals surface area contributed by atoms with Gasteiger partial charge >= 0.3 is 0 Å². The fourth-order valence-electron chi connectivity index (χ4n) is 1.56. The molecule has 0 bridgehead atoms. The van der Waals surface area contributed by atoms with Crippen molar-refractivity contribution in [3.8, 4) is 0 Å². The van der Waals surface area contributed by atoms with E-state index >= 15 is 0 Å². The lowest BCUT2D eigenvalue weighted by Crippen LogP contribution is -2.04. The molecular formula is C13H4Cl5FO. The highest BCUT2D eigenvalue weighted by molar-refractivity contribution is 6.51. The second-order valence-electron chi connectivity index (χ2n) is 3.80. The Morgan fingerprint density at radius 2 is 1.50 bits per heavy atom. The van der Waals surface area contributed by atoms with Gasteiger partial charge in [-0.15, -0.1) is 0 Å². The van der Waals surface area contributed by atoms with Gasteiger partial charge in [0, 0.05) is 5.56 Å². The first-order valence-electron chi connectivity index (χ1n) is 5.15. The van der Waals surface area contributed by atoms with Gasteiger partial charge in [0.2, 0.25) is 0 Å². The molecule has 0 aromatic heterocycles. The van der Waals surface area contributed by atoms with Crippen LogP contribution in [0.5, 0.6) is 0 Å². The third-order valence-corrected chi connectivity index (χ3v) is 4.39. The smallest absolute Gasteiger partial charge is 0.196 e. The minimum atomic E-state index is -0.718. The van der Waals surface area contributed by atoms with Crippen molar-refractivity contribution in [2.75, 3.05) is 0 Å². The monoisotopic (exact) mass is 370 g/mol. The van der Waals surface area contributed by atoms with E-state index in [1.807, 2.05) is 0 Å². The average Bonchev–Trinajstić information content (AvgIpc) is 2.39. The van der Waals surface area contributed by atoms with E-state index in [-0.39, 0.29) is 36.2 Å². The number of hydrogen-bond acceptors (Lipinski definition) is 1. The highest BCUT2D eigenvalue weighted by atomic mass is 35.5. The lowest BCUT2D eigenvalue weighted by molar-refractivity contribution is 0.103. The summed E-state index contributed by atoms with van der Waals surface area (Å²) in [6, 6.07) is 4.93. The summed E-state index contributed by atoms with van der Waals surface area (Å²) in [6.07, 6.45) is 0. The molecule has 7 heteroatoms. The number of rotatable bonds is 2. The van der Waals surface area contributed by atoms with Crippen molar-refractivity contribution in [3.05, 3.63) is 66.3 Å². The Morgan fingerprint density at radius 1 is 0.850 bits per heavy atom. The largest absolute Gasteiger partial charge is 0.288 e. The maximum atomic E-state index is 13.4. The van der Waals surface area contributed by atoms with Gasteiger partial charge in [-0.25, -0.2) is 4.39 Å². The zero-order chi connectivity index (χ0) is 15.0. The van der Waals surface area contributed by atoms with Gasteiger partial charge in [-0.1, -0.05) is 58.0 Å². The van der Waals surface area contributed by atoms with Crippen molar-refractivity contribution in [1.82, 2.24) is 0 Å². The minimum absolute atomic E-state index is 0.00974. The van der Waals surface area contributed by atoms with E-state index in [1.54, 1.807) is 0 Å². The number of halogens is 6. The third-order valence-electron chi connectivity index (χ3n) is 2.52. The van der Waals surface area contributed by atoms with Gasteiger partial charge in [0.05, 0.1) is 30.7 Å². The Labute approximate surface area is 139 Å². The summed E-state index contributed by atoms with van der Waals surface area (Å²) in [6.45, 7) is 0. The first kappa shape index (κ1) is 15.9. The fourth-order valence-corrected chi connectivity index (χ4v) is 2.76. The molecule has 2 rings (SSSR count). The summed E-state index contributed by atoms with van der Waals surface area (Å²) in [5.74, 6) is -1.29. The molecule has 0 N–H and O–H groups in total. The first-order chi connectivity index (χ1) is 9.32. The predicted molar refractivity (Wildman–Crippen MR) is 81.3 cm³/mol. The molecule has 0 aliphatic carbocycles. The van der Waals surface area contributed by atoms with Crippen LogP contribution >= 0.6 is 58.0 Å². The summed E-state index contributed by atoms with van der Waals surface area (Å²) in [5, 5.41) is -0.00168. The van der Waals surface area contributed by atoms with Crippen molar-refractivity contribution in [3.63, 3.8) is 0 Å². The molecule has 0 fully saturated rings. The molecule has 1 nitrogen and oxygen atoms in total. The fraction of sp³-hybridized carbons (Fsp3) is 0. The van der Waals surface area contributed by atoms with E-state index < -0.39 is 11.6 Å². The highest BCUT2D eigenvalue weighted by Gasteiger charge is 2.21. The summed E-state index contributed by atoms with van der Waals surface area (Å²) in [5.41, 5.74) is 0.0125. The van der Waals surface area contributed by atoms with E-state index in [0.717, 1.165) is 6.07 Å². The zero-order valence-corrected chi connectivity index (χ0v) is 13.3. The molecule has 0 radical (unpaired) electrons. The van der Waals surface area contributed by atoms with Gasteiger partial charge in [0.25, 0.3) is 0 Å². The molecule has 20 heavy (non-hydrogen) atoms. The minimum Gasteiger partial charge on any atom is -0.288 e. The predicted octanol–water partition coefficient (Wildman–Crippen LogP) is 6.32. The van der Waals surface area contributed by atoms with Crippen LogP contribution in [0.2, 0.25) is 25.1 Å². The molecule has 0 heterocycles. The molecule has 2 aromatic rings. The molecule has 0 aliphatic rings.